The molecule has 3 heteroatoms. The minimum absolute atomic E-state index is 0.0673. The fourth-order valence-electron chi connectivity index (χ4n) is 1.77. The topological polar surface area (TPSA) is 35.5 Å². The van der Waals surface area contributed by atoms with Crippen molar-refractivity contribution in [2.75, 3.05) is 7.11 Å². The van der Waals surface area contributed by atoms with E-state index in [4.69, 9.17) is 9.47 Å². The van der Waals surface area contributed by atoms with Crippen molar-refractivity contribution in [3.63, 3.8) is 0 Å². The molecule has 0 fully saturated rings. The van der Waals surface area contributed by atoms with Crippen molar-refractivity contribution in [2.24, 2.45) is 5.92 Å². The number of ether oxygens (including phenoxy) is 2. The van der Waals surface area contributed by atoms with Crippen LogP contribution in [0.2, 0.25) is 0 Å². The van der Waals surface area contributed by atoms with Crippen molar-refractivity contribution in [3.05, 3.63) is 29.8 Å². The summed E-state index contributed by atoms with van der Waals surface area (Å²) in [6, 6.07) is 7.81. The standard InChI is InChI=1S/C15H22O3/c1-10(2)12-8-6-7-9-13(12)18-14(11(3)4)15(16)17-5/h6-11,14H,1-5H3. The van der Waals surface area contributed by atoms with Crippen LogP contribution < -0.4 is 4.74 Å². The lowest BCUT2D eigenvalue weighted by molar-refractivity contribution is -0.150. The Kier molecular flexibility index (Phi) is 5.20. The largest absolute Gasteiger partial charge is 0.478 e. The molecular formula is C15H22O3. The Hall–Kier alpha value is -1.51. The van der Waals surface area contributed by atoms with E-state index in [1.54, 1.807) is 0 Å². The molecule has 1 aromatic rings. The summed E-state index contributed by atoms with van der Waals surface area (Å²) in [5.41, 5.74) is 1.10. The lowest BCUT2D eigenvalue weighted by Gasteiger charge is -2.22. The molecule has 0 saturated heterocycles. The van der Waals surface area contributed by atoms with Crippen LogP contribution in [-0.4, -0.2) is 19.2 Å². The number of benzene rings is 1. The molecule has 0 aliphatic heterocycles. The minimum atomic E-state index is -0.560. The van der Waals surface area contributed by atoms with Gasteiger partial charge in [0.05, 0.1) is 7.11 Å². The number of rotatable bonds is 5. The van der Waals surface area contributed by atoms with E-state index >= 15 is 0 Å². The van der Waals surface area contributed by atoms with Crippen molar-refractivity contribution < 1.29 is 14.3 Å². The Labute approximate surface area is 109 Å². The number of carbonyl (C=O) groups excluding carboxylic acids is 1. The average Bonchev–Trinajstić information content (AvgIpc) is 2.34. The maximum Gasteiger partial charge on any atom is 0.347 e. The summed E-state index contributed by atoms with van der Waals surface area (Å²) in [6.07, 6.45) is -0.560. The van der Waals surface area contributed by atoms with Gasteiger partial charge in [0.15, 0.2) is 6.10 Å². The zero-order valence-corrected chi connectivity index (χ0v) is 11.8. The molecule has 100 valence electrons. The summed E-state index contributed by atoms with van der Waals surface area (Å²) >= 11 is 0. The first-order valence-corrected chi connectivity index (χ1v) is 6.30. The number of methoxy groups -OCH3 is 1. The number of carbonyl (C=O) groups is 1. The van der Waals surface area contributed by atoms with Gasteiger partial charge in [-0.15, -0.1) is 0 Å². The fraction of sp³-hybridized carbons (Fsp3) is 0.533. The summed E-state index contributed by atoms with van der Waals surface area (Å²) < 4.78 is 10.6. The quantitative estimate of drug-likeness (QED) is 0.751. The third kappa shape index (κ3) is 3.49. The molecule has 3 nitrogen and oxygen atoms in total. The Morgan fingerprint density at radius 3 is 2.22 bits per heavy atom. The molecule has 0 bridgehead atoms. The molecule has 1 aromatic carbocycles. The molecule has 1 atom stereocenters. The molecule has 0 spiro atoms. The van der Waals surface area contributed by atoms with Crippen molar-refractivity contribution in [3.8, 4) is 5.75 Å². The first-order chi connectivity index (χ1) is 8.47. The first kappa shape index (κ1) is 14.6. The molecule has 0 aromatic heterocycles. The Morgan fingerprint density at radius 2 is 1.72 bits per heavy atom. The maximum atomic E-state index is 11.7. The third-order valence-corrected chi connectivity index (χ3v) is 2.83. The van der Waals surface area contributed by atoms with Gasteiger partial charge < -0.3 is 9.47 Å². The lowest BCUT2D eigenvalue weighted by atomic mass is 10.0. The van der Waals surface area contributed by atoms with Gasteiger partial charge in [-0.1, -0.05) is 45.9 Å². The van der Waals surface area contributed by atoms with Gasteiger partial charge in [0.1, 0.15) is 5.75 Å². The molecule has 1 rings (SSSR count). The predicted molar refractivity (Wildman–Crippen MR) is 71.8 cm³/mol. The highest BCUT2D eigenvalue weighted by Gasteiger charge is 2.26. The first-order valence-electron chi connectivity index (χ1n) is 6.30. The van der Waals surface area contributed by atoms with Crippen molar-refractivity contribution >= 4 is 5.97 Å². The second-order valence-electron chi connectivity index (χ2n) is 5.00. The van der Waals surface area contributed by atoms with Crippen LogP contribution >= 0.6 is 0 Å². The molecular weight excluding hydrogens is 228 g/mol. The van der Waals surface area contributed by atoms with Crippen LogP contribution in [0.3, 0.4) is 0 Å². The monoisotopic (exact) mass is 250 g/mol. The highest BCUT2D eigenvalue weighted by atomic mass is 16.6. The van der Waals surface area contributed by atoms with Gasteiger partial charge in [-0.2, -0.15) is 0 Å². The third-order valence-electron chi connectivity index (χ3n) is 2.83. The van der Waals surface area contributed by atoms with E-state index in [0.29, 0.717) is 5.92 Å². The normalized spacial score (nSPS) is 12.6. The van der Waals surface area contributed by atoms with Crippen molar-refractivity contribution in [2.45, 2.75) is 39.7 Å². The average molecular weight is 250 g/mol. The van der Waals surface area contributed by atoms with Crippen molar-refractivity contribution in [1.82, 2.24) is 0 Å². The minimum Gasteiger partial charge on any atom is -0.478 e. The molecule has 1 unspecified atom stereocenters. The molecule has 18 heavy (non-hydrogen) atoms. The molecule has 0 saturated carbocycles. The van der Waals surface area contributed by atoms with Gasteiger partial charge in [0, 0.05) is 5.92 Å². The SMILES string of the molecule is COC(=O)C(Oc1ccccc1C(C)C)C(C)C. The van der Waals surface area contributed by atoms with Crippen LogP contribution in [0, 0.1) is 5.92 Å². The molecule has 0 amide bonds. The van der Waals surface area contributed by atoms with Crippen LogP contribution in [0.5, 0.6) is 5.75 Å². The maximum absolute atomic E-state index is 11.7. The Morgan fingerprint density at radius 1 is 1.11 bits per heavy atom. The zero-order chi connectivity index (χ0) is 13.7. The van der Waals surface area contributed by atoms with Gasteiger partial charge in [0.2, 0.25) is 0 Å². The van der Waals surface area contributed by atoms with E-state index in [-0.39, 0.29) is 11.9 Å². The van der Waals surface area contributed by atoms with E-state index < -0.39 is 6.10 Å². The summed E-state index contributed by atoms with van der Waals surface area (Å²) in [6.45, 7) is 8.09. The summed E-state index contributed by atoms with van der Waals surface area (Å²) in [4.78, 5) is 11.7. The second-order valence-corrected chi connectivity index (χ2v) is 5.00. The van der Waals surface area contributed by atoms with E-state index in [1.807, 2.05) is 38.1 Å². The molecule has 0 heterocycles. The predicted octanol–water partition coefficient (Wildman–Crippen LogP) is 3.39. The van der Waals surface area contributed by atoms with E-state index in [0.717, 1.165) is 11.3 Å². The second kappa shape index (κ2) is 6.43. The Bertz CT molecular complexity index is 396. The van der Waals surface area contributed by atoms with Gasteiger partial charge in [-0.3, -0.25) is 0 Å². The smallest absolute Gasteiger partial charge is 0.347 e. The van der Waals surface area contributed by atoms with Crippen LogP contribution in [-0.2, 0) is 9.53 Å². The van der Waals surface area contributed by atoms with E-state index in [9.17, 15) is 4.79 Å². The lowest BCUT2D eigenvalue weighted by Crippen LogP contribution is -2.33. The number of para-hydroxylation sites is 1. The van der Waals surface area contributed by atoms with E-state index in [2.05, 4.69) is 13.8 Å². The highest BCUT2D eigenvalue weighted by Crippen LogP contribution is 2.28. The van der Waals surface area contributed by atoms with Gasteiger partial charge in [-0.05, 0) is 17.5 Å². The van der Waals surface area contributed by atoms with Gasteiger partial charge >= 0.3 is 5.97 Å². The van der Waals surface area contributed by atoms with Crippen LogP contribution in [0.25, 0.3) is 0 Å². The van der Waals surface area contributed by atoms with Crippen LogP contribution in [0.4, 0.5) is 0 Å². The highest BCUT2D eigenvalue weighted by molar-refractivity contribution is 5.75. The Balaban J connectivity index is 2.97. The fourth-order valence-corrected chi connectivity index (χ4v) is 1.77. The zero-order valence-electron chi connectivity index (χ0n) is 11.8. The molecule has 0 radical (unpaired) electrons. The number of hydrogen-bond donors (Lipinski definition) is 0. The van der Waals surface area contributed by atoms with Crippen LogP contribution in [0.1, 0.15) is 39.2 Å². The molecule has 0 N–H and O–H groups in total. The summed E-state index contributed by atoms with van der Waals surface area (Å²) in [7, 11) is 1.38. The summed E-state index contributed by atoms with van der Waals surface area (Å²) in [5.74, 6) is 0.851. The molecule has 0 aliphatic rings. The van der Waals surface area contributed by atoms with Crippen molar-refractivity contribution in [1.29, 1.82) is 0 Å². The van der Waals surface area contributed by atoms with Crippen LogP contribution in [0.15, 0.2) is 24.3 Å². The van der Waals surface area contributed by atoms with E-state index in [1.165, 1.54) is 7.11 Å². The number of esters is 1. The van der Waals surface area contributed by atoms with Gasteiger partial charge in [0.25, 0.3) is 0 Å². The molecule has 0 aliphatic carbocycles. The summed E-state index contributed by atoms with van der Waals surface area (Å²) in [5, 5.41) is 0. The number of hydrogen-bond acceptors (Lipinski definition) is 3. The van der Waals surface area contributed by atoms with Gasteiger partial charge in [-0.25, -0.2) is 4.79 Å².